The van der Waals surface area contributed by atoms with E-state index < -0.39 is 41.2 Å². The summed E-state index contributed by atoms with van der Waals surface area (Å²) in [5.74, 6) is -7.78. The van der Waals surface area contributed by atoms with E-state index in [1.165, 1.54) is 12.4 Å². The van der Waals surface area contributed by atoms with E-state index >= 15 is 0 Å². The number of anilines is 2. The first kappa shape index (κ1) is 32.3. The van der Waals surface area contributed by atoms with Gasteiger partial charge in [0.1, 0.15) is 5.82 Å². The molecule has 5 rings (SSSR count). The second kappa shape index (κ2) is 12.6. The van der Waals surface area contributed by atoms with Gasteiger partial charge < -0.3 is 25.0 Å². The van der Waals surface area contributed by atoms with Gasteiger partial charge in [-0.25, -0.2) is 23.1 Å². The molecule has 1 aromatic carbocycles. The smallest absolute Gasteiger partial charge is 0.324 e. The van der Waals surface area contributed by atoms with Crippen LogP contribution in [-0.2, 0) is 5.92 Å². The zero-order valence-corrected chi connectivity index (χ0v) is 24.5. The van der Waals surface area contributed by atoms with Crippen LogP contribution in [0.3, 0.4) is 0 Å². The number of nitrogens with two attached hydrogens (primary N) is 1. The molecule has 0 saturated carbocycles. The number of hydrogen-bond acceptors (Lipinski definition) is 9. The van der Waals surface area contributed by atoms with Gasteiger partial charge in [-0.2, -0.15) is 13.8 Å². The molecule has 2 atom stereocenters. The topological polar surface area (TPSA) is 118 Å². The second-order valence-electron chi connectivity index (χ2n) is 11.0. The monoisotopic (exact) mass is 630 g/mol. The molecule has 0 radical (unpaired) electrons. The van der Waals surface area contributed by atoms with Gasteiger partial charge in [0.15, 0.2) is 11.6 Å². The minimum Gasteiger partial charge on any atom is -0.339 e. The number of amides is 1. The van der Waals surface area contributed by atoms with Gasteiger partial charge in [-0.05, 0) is 38.3 Å². The number of nitrogens with zero attached hydrogens (tertiary/aromatic N) is 7. The molecular weight excluding hydrogens is 599 g/mol. The molecule has 1 amide bonds. The number of benzene rings is 1. The molecule has 2 N–H and O–H groups in total. The Kier molecular flexibility index (Phi) is 9.45. The third-order valence-electron chi connectivity index (χ3n) is 7.70. The highest BCUT2D eigenvalue weighted by atomic mass is 35.5. The number of alkyl halides is 2. The fourth-order valence-electron chi connectivity index (χ4n) is 5.57. The number of carbonyl (C=O) groups excluding carboxylic acids is 1. The van der Waals surface area contributed by atoms with Gasteiger partial charge >= 0.3 is 11.9 Å². The van der Waals surface area contributed by atoms with Crippen LogP contribution in [-0.4, -0.2) is 75.2 Å². The maximum absolute atomic E-state index is 14.4. The van der Waals surface area contributed by atoms with Crippen molar-refractivity contribution in [2.24, 2.45) is 5.73 Å². The van der Waals surface area contributed by atoms with Gasteiger partial charge in [0.05, 0.1) is 5.56 Å². The third-order valence-corrected chi connectivity index (χ3v) is 7.70. The highest BCUT2D eigenvalue weighted by Gasteiger charge is 2.37. The maximum Gasteiger partial charge on any atom is 0.324 e. The quantitative estimate of drug-likeness (QED) is 0.302. The van der Waals surface area contributed by atoms with Crippen molar-refractivity contribution >= 4 is 30.3 Å². The Hall–Kier alpha value is -3.59. The van der Waals surface area contributed by atoms with Gasteiger partial charge in [-0.1, -0.05) is 5.16 Å². The summed E-state index contributed by atoms with van der Waals surface area (Å²) in [6, 6.07) is 0.504. The van der Waals surface area contributed by atoms with Crippen LogP contribution in [0.25, 0.3) is 0 Å². The van der Waals surface area contributed by atoms with Crippen LogP contribution in [0.1, 0.15) is 61.3 Å². The number of aromatic nitrogens is 4. The van der Waals surface area contributed by atoms with Gasteiger partial charge in [0.25, 0.3) is 5.91 Å². The first-order chi connectivity index (χ1) is 19.8. The van der Waals surface area contributed by atoms with Gasteiger partial charge in [0.2, 0.25) is 11.8 Å². The first-order valence-corrected chi connectivity index (χ1v) is 13.6. The van der Waals surface area contributed by atoms with Crippen molar-refractivity contribution < 1.29 is 31.3 Å². The highest BCUT2D eigenvalue weighted by molar-refractivity contribution is 5.94. The van der Waals surface area contributed by atoms with Crippen molar-refractivity contribution in [3.05, 3.63) is 58.9 Å². The molecule has 2 aliphatic rings. The number of halogens is 6. The molecule has 2 saturated heterocycles. The Balaban J connectivity index is 0.00000423. The number of rotatable bonds is 7. The predicted molar refractivity (Wildman–Crippen MR) is 149 cm³/mol. The highest BCUT2D eigenvalue weighted by Crippen LogP contribution is 2.32. The minimum absolute atomic E-state index is 0. The van der Waals surface area contributed by atoms with Gasteiger partial charge in [-0.15, -0.1) is 12.4 Å². The van der Waals surface area contributed by atoms with E-state index in [4.69, 9.17) is 10.3 Å². The largest absolute Gasteiger partial charge is 0.339 e. The van der Waals surface area contributed by atoms with E-state index in [-0.39, 0.29) is 66.6 Å². The predicted octanol–water partition coefficient (Wildman–Crippen LogP) is 4.26. The molecule has 0 bridgehead atoms. The average molecular weight is 631 g/mol. The summed E-state index contributed by atoms with van der Waals surface area (Å²) in [7, 11) is 0. The lowest BCUT2D eigenvalue weighted by molar-refractivity contribution is 0.00558. The van der Waals surface area contributed by atoms with Crippen molar-refractivity contribution in [2.75, 3.05) is 36.0 Å². The normalized spacial score (nSPS) is 19.6. The van der Waals surface area contributed by atoms with Crippen molar-refractivity contribution in [2.45, 2.75) is 63.6 Å². The van der Waals surface area contributed by atoms with Gasteiger partial charge in [0, 0.05) is 75.6 Å². The van der Waals surface area contributed by atoms with Crippen LogP contribution in [0.4, 0.5) is 33.9 Å². The molecule has 2 aliphatic heterocycles. The van der Waals surface area contributed by atoms with Gasteiger partial charge in [-0.3, -0.25) is 4.79 Å². The van der Waals surface area contributed by atoms with Crippen molar-refractivity contribution in [1.82, 2.24) is 25.0 Å². The zero-order chi connectivity index (χ0) is 30.3. The molecular formula is C27H32ClF5N8O2. The van der Waals surface area contributed by atoms with E-state index in [0.29, 0.717) is 38.9 Å². The Morgan fingerprint density at radius 1 is 1.05 bits per heavy atom. The minimum atomic E-state index is -3.21. The molecule has 234 valence electrons. The lowest BCUT2D eigenvalue weighted by atomic mass is 9.94. The van der Waals surface area contributed by atoms with E-state index in [1.54, 1.807) is 14.7 Å². The summed E-state index contributed by atoms with van der Waals surface area (Å²) in [5.41, 5.74) is 6.46. The standard InChI is InChI=1S/C27H31F5N8O2.ClH/c1-14(2)40(16-4-6-38(7-5-16)26-36-24(37-42-26)27(3,31)32)23(41)15-10-34-25(35-11-15)39-12-18(22(33)13-39)17-8-20(29)21(30)9-19(17)28;/h8-11,14,16,18,22H,4-7,12-13,33H2,1-3H3;1H/t18-,22+;/m1./s1. The number of carbonyl (C=O) groups is 1. The molecule has 0 spiro atoms. The van der Waals surface area contributed by atoms with E-state index in [9.17, 15) is 26.7 Å². The Labute approximate surface area is 250 Å². The van der Waals surface area contributed by atoms with Crippen LogP contribution in [0.5, 0.6) is 0 Å². The molecule has 10 nitrogen and oxygen atoms in total. The Morgan fingerprint density at radius 2 is 1.67 bits per heavy atom. The molecule has 0 aliphatic carbocycles. The van der Waals surface area contributed by atoms with Crippen molar-refractivity contribution in [3.8, 4) is 0 Å². The molecule has 43 heavy (non-hydrogen) atoms. The lowest BCUT2D eigenvalue weighted by Gasteiger charge is -2.40. The molecule has 16 heteroatoms. The third kappa shape index (κ3) is 6.66. The van der Waals surface area contributed by atoms with E-state index in [2.05, 4.69) is 20.1 Å². The summed E-state index contributed by atoms with van der Waals surface area (Å²) in [5, 5.41) is 3.37. The van der Waals surface area contributed by atoms with Crippen LogP contribution >= 0.6 is 12.4 Å². The summed E-state index contributed by atoms with van der Waals surface area (Å²) in [4.78, 5) is 31.2. The molecule has 0 unspecified atom stereocenters. The lowest BCUT2D eigenvalue weighted by Crippen LogP contribution is -2.50. The summed E-state index contributed by atoms with van der Waals surface area (Å²) < 4.78 is 73.6. The molecule has 3 aromatic rings. The van der Waals surface area contributed by atoms with Crippen LogP contribution in [0, 0.1) is 17.5 Å². The van der Waals surface area contributed by atoms with Crippen LogP contribution in [0.2, 0.25) is 0 Å². The SMILES string of the molecule is CC(C)N(C(=O)c1cnc(N2C[C@H](c3cc(F)c(F)cc3F)[C@@H](N)C2)nc1)C1CCN(c2nc(C(C)(F)F)no2)CC1.Cl. The summed E-state index contributed by atoms with van der Waals surface area (Å²) in [6.45, 7) is 5.80. The molecule has 2 fully saturated rings. The van der Waals surface area contributed by atoms with Crippen LogP contribution in [0.15, 0.2) is 29.0 Å². The van der Waals surface area contributed by atoms with Crippen LogP contribution < -0.4 is 15.5 Å². The maximum atomic E-state index is 14.4. The van der Waals surface area contributed by atoms with E-state index in [0.717, 1.165) is 6.07 Å². The average Bonchev–Trinajstić information content (AvgIpc) is 3.59. The molecule has 2 aromatic heterocycles. The Bertz CT molecular complexity index is 1430. The fourth-order valence-corrected chi connectivity index (χ4v) is 5.57. The number of piperidine rings is 1. The summed E-state index contributed by atoms with van der Waals surface area (Å²) in [6.07, 6.45) is 3.93. The number of hydrogen-bond donors (Lipinski definition) is 1. The Morgan fingerprint density at radius 3 is 2.26 bits per heavy atom. The van der Waals surface area contributed by atoms with Crippen molar-refractivity contribution in [1.29, 1.82) is 0 Å². The van der Waals surface area contributed by atoms with E-state index in [1.807, 2.05) is 13.8 Å². The fraction of sp³-hybridized carbons (Fsp3) is 0.519. The summed E-state index contributed by atoms with van der Waals surface area (Å²) >= 11 is 0. The second-order valence-corrected chi connectivity index (χ2v) is 11.0. The first-order valence-electron chi connectivity index (χ1n) is 13.6. The molecule has 4 heterocycles. The zero-order valence-electron chi connectivity index (χ0n) is 23.7. The van der Waals surface area contributed by atoms with Crippen molar-refractivity contribution in [3.63, 3.8) is 0 Å².